The molecule has 1 aromatic rings. The van der Waals surface area contributed by atoms with Gasteiger partial charge < -0.3 is 9.74 Å². The molecule has 0 spiro atoms. The van der Waals surface area contributed by atoms with E-state index in [2.05, 4.69) is 11.4 Å². The number of benzene rings is 1. The zero-order chi connectivity index (χ0) is 14.4. The molecule has 0 aromatic heterocycles. The van der Waals surface area contributed by atoms with Crippen LogP contribution in [0, 0.1) is 12.3 Å². The highest BCUT2D eigenvalue weighted by Gasteiger charge is 2.19. The van der Waals surface area contributed by atoms with Gasteiger partial charge in [0.05, 0.1) is 0 Å². The van der Waals surface area contributed by atoms with E-state index in [9.17, 15) is 9.59 Å². The number of carbonyl (C=O) groups excluding carboxylic acids is 2. The van der Waals surface area contributed by atoms with Crippen LogP contribution in [-0.4, -0.2) is 30.0 Å². The second-order valence-electron chi connectivity index (χ2n) is 4.57. The highest BCUT2D eigenvalue weighted by atomic mass is 16.7. The average Bonchev–Trinajstić information content (AvgIpc) is 2.53. The van der Waals surface area contributed by atoms with Crippen molar-refractivity contribution in [1.82, 2.24) is 10.4 Å². The molecule has 20 heavy (non-hydrogen) atoms. The van der Waals surface area contributed by atoms with Crippen LogP contribution in [0.5, 0.6) is 0 Å². The standard InChI is InChI=1S/C15H16N2O3/c1-2-12-7-6-8-13(11-12)14(18)16-20-15(19)17-9-4-3-5-10-17/h1,6-8,11H,3-5,9-10H2,(H,16,18). The summed E-state index contributed by atoms with van der Waals surface area (Å²) in [5.41, 5.74) is 3.10. The predicted molar refractivity (Wildman–Crippen MR) is 73.7 cm³/mol. The van der Waals surface area contributed by atoms with Gasteiger partial charge in [0.1, 0.15) is 0 Å². The van der Waals surface area contributed by atoms with Crippen molar-refractivity contribution in [3.05, 3.63) is 35.4 Å². The lowest BCUT2D eigenvalue weighted by atomic mass is 10.1. The molecule has 1 N–H and O–H groups in total. The maximum atomic E-state index is 11.8. The van der Waals surface area contributed by atoms with Gasteiger partial charge in [-0.1, -0.05) is 12.0 Å². The monoisotopic (exact) mass is 272 g/mol. The minimum Gasteiger partial charge on any atom is -0.321 e. The lowest BCUT2D eigenvalue weighted by Crippen LogP contribution is -2.40. The van der Waals surface area contributed by atoms with E-state index in [4.69, 9.17) is 11.3 Å². The van der Waals surface area contributed by atoms with E-state index in [1.54, 1.807) is 29.2 Å². The molecule has 0 radical (unpaired) electrons. The van der Waals surface area contributed by atoms with Crippen molar-refractivity contribution in [2.75, 3.05) is 13.1 Å². The summed E-state index contributed by atoms with van der Waals surface area (Å²) in [5, 5.41) is 0. The van der Waals surface area contributed by atoms with Crippen LogP contribution >= 0.6 is 0 Å². The summed E-state index contributed by atoms with van der Waals surface area (Å²) in [6.07, 6.45) is 7.79. The Balaban J connectivity index is 1.88. The van der Waals surface area contributed by atoms with Crippen LogP contribution in [0.2, 0.25) is 0 Å². The van der Waals surface area contributed by atoms with Crippen LogP contribution in [0.15, 0.2) is 24.3 Å². The van der Waals surface area contributed by atoms with Crippen LogP contribution in [0.3, 0.4) is 0 Å². The second kappa shape index (κ2) is 6.62. The molecule has 1 aromatic carbocycles. The number of carbonyl (C=O) groups is 2. The molecule has 2 rings (SSSR count). The molecule has 0 saturated carbocycles. The molecule has 0 unspecified atom stereocenters. The van der Waals surface area contributed by atoms with Crippen molar-refractivity contribution in [3.63, 3.8) is 0 Å². The van der Waals surface area contributed by atoms with Gasteiger partial charge in [-0.3, -0.25) is 4.79 Å². The number of amides is 2. The number of hydroxylamine groups is 1. The number of terminal acetylenes is 1. The third kappa shape index (κ3) is 3.51. The fourth-order valence-corrected chi connectivity index (χ4v) is 2.04. The zero-order valence-electron chi connectivity index (χ0n) is 11.1. The number of hydrogen-bond acceptors (Lipinski definition) is 3. The fourth-order valence-electron chi connectivity index (χ4n) is 2.04. The molecular formula is C15H16N2O3. The number of rotatable bonds is 1. The van der Waals surface area contributed by atoms with Crippen molar-refractivity contribution in [3.8, 4) is 12.3 Å². The van der Waals surface area contributed by atoms with Gasteiger partial charge in [-0.15, -0.1) is 6.42 Å². The second-order valence-corrected chi connectivity index (χ2v) is 4.57. The van der Waals surface area contributed by atoms with E-state index in [0.717, 1.165) is 19.3 Å². The van der Waals surface area contributed by atoms with Crippen molar-refractivity contribution < 1.29 is 14.4 Å². The SMILES string of the molecule is C#Cc1cccc(C(=O)NOC(=O)N2CCCCC2)c1. The summed E-state index contributed by atoms with van der Waals surface area (Å²) in [6, 6.07) is 6.56. The third-order valence-corrected chi connectivity index (χ3v) is 3.14. The first-order valence-electron chi connectivity index (χ1n) is 6.53. The smallest absolute Gasteiger partial charge is 0.321 e. The number of hydrogen-bond donors (Lipinski definition) is 1. The van der Waals surface area contributed by atoms with Crippen LogP contribution in [0.25, 0.3) is 0 Å². The molecular weight excluding hydrogens is 256 g/mol. The van der Waals surface area contributed by atoms with Crippen LogP contribution in [0.4, 0.5) is 4.79 Å². The van der Waals surface area contributed by atoms with Gasteiger partial charge in [-0.2, -0.15) is 5.48 Å². The summed E-state index contributed by atoms with van der Waals surface area (Å²) >= 11 is 0. The highest BCUT2D eigenvalue weighted by molar-refractivity contribution is 5.94. The van der Waals surface area contributed by atoms with E-state index in [1.807, 2.05) is 0 Å². The van der Waals surface area contributed by atoms with Crippen molar-refractivity contribution in [1.29, 1.82) is 0 Å². The summed E-state index contributed by atoms with van der Waals surface area (Å²) in [6.45, 7) is 1.34. The maximum Gasteiger partial charge on any atom is 0.434 e. The van der Waals surface area contributed by atoms with Gasteiger partial charge in [0.15, 0.2) is 0 Å². The van der Waals surface area contributed by atoms with Crippen LogP contribution in [0.1, 0.15) is 35.2 Å². The largest absolute Gasteiger partial charge is 0.434 e. The Hall–Kier alpha value is -2.48. The number of piperidine rings is 1. The Morgan fingerprint density at radius 2 is 2.00 bits per heavy atom. The first kappa shape index (κ1) is 13.9. The molecule has 0 aliphatic carbocycles. The molecule has 2 amide bonds. The molecule has 1 aliphatic rings. The Bertz CT molecular complexity index is 542. The van der Waals surface area contributed by atoms with E-state index < -0.39 is 12.0 Å². The van der Waals surface area contributed by atoms with E-state index >= 15 is 0 Å². The first-order chi connectivity index (χ1) is 9.70. The van der Waals surface area contributed by atoms with Gasteiger partial charge in [0, 0.05) is 24.2 Å². The summed E-state index contributed by atoms with van der Waals surface area (Å²) in [4.78, 5) is 29.9. The zero-order valence-corrected chi connectivity index (χ0v) is 11.1. The molecule has 0 atom stereocenters. The van der Waals surface area contributed by atoms with Gasteiger partial charge in [0.25, 0.3) is 5.91 Å². The normalized spacial score (nSPS) is 14.2. The number of likely N-dealkylation sites (tertiary alicyclic amines) is 1. The number of nitrogens with one attached hydrogen (secondary N) is 1. The molecule has 0 bridgehead atoms. The molecule has 5 heteroatoms. The number of nitrogens with zero attached hydrogens (tertiary/aromatic N) is 1. The molecule has 104 valence electrons. The third-order valence-electron chi connectivity index (χ3n) is 3.14. The molecule has 1 saturated heterocycles. The fraction of sp³-hybridized carbons (Fsp3) is 0.333. The van der Waals surface area contributed by atoms with Crippen molar-refractivity contribution >= 4 is 12.0 Å². The Kier molecular flexibility index (Phi) is 4.61. The molecule has 1 aliphatic heterocycles. The molecule has 5 nitrogen and oxygen atoms in total. The predicted octanol–water partition coefficient (Wildman–Crippen LogP) is 1.94. The minimum absolute atomic E-state index is 0.354. The van der Waals surface area contributed by atoms with Gasteiger partial charge in [0.2, 0.25) is 0 Å². The minimum atomic E-state index is -0.522. The Morgan fingerprint density at radius 1 is 1.25 bits per heavy atom. The van der Waals surface area contributed by atoms with E-state index in [0.29, 0.717) is 24.2 Å². The summed E-state index contributed by atoms with van der Waals surface area (Å²) in [5.74, 6) is 1.95. The first-order valence-corrected chi connectivity index (χ1v) is 6.53. The Morgan fingerprint density at radius 3 is 2.70 bits per heavy atom. The van der Waals surface area contributed by atoms with E-state index in [-0.39, 0.29) is 0 Å². The Labute approximate surface area is 117 Å². The van der Waals surface area contributed by atoms with Crippen molar-refractivity contribution in [2.24, 2.45) is 0 Å². The maximum absolute atomic E-state index is 11.8. The molecule has 1 heterocycles. The molecule has 1 fully saturated rings. The lowest BCUT2D eigenvalue weighted by molar-refractivity contribution is 0.0394. The van der Waals surface area contributed by atoms with Crippen LogP contribution in [-0.2, 0) is 4.84 Å². The van der Waals surface area contributed by atoms with Gasteiger partial charge in [-0.25, -0.2) is 4.79 Å². The lowest BCUT2D eigenvalue weighted by Gasteiger charge is -2.25. The average molecular weight is 272 g/mol. The highest BCUT2D eigenvalue weighted by Crippen LogP contribution is 2.09. The van der Waals surface area contributed by atoms with Gasteiger partial charge >= 0.3 is 6.09 Å². The van der Waals surface area contributed by atoms with Crippen LogP contribution < -0.4 is 5.48 Å². The summed E-state index contributed by atoms with van der Waals surface area (Å²) in [7, 11) is 0. The van der Waals surface area contributed by atoms with E-state index in [1.165, 1.54) is 0 Å². The topological polar surface area (TPSA) is 58.6 Å². The van der Waals surface area contributed by atoms with Gasteiger partial charge in [-0.05, 0) is 37.5 Å². The summed E-state index contributed by atoms with van der Waals surface area (Å²) < 4.78 is 0. The quantitative estimate of drug-likeness (QED) is 0.628. The van der Waals surface area contributed by atoms with Crippen molar-refractivity contribution in [2.45, 2.75) is 19.3 Å².